The number of hydrogen-bond donors (Lipinski definition) is 0. The molecule has 0 amide bonds. The zero-order valence-electron chi connectivity index (χ0n) is 4.72. The van der Waals surface area contributed by atoms with Gasteiger partial charge in [0.05, 0.1) is 11.1 Å². The van der Waals surface area contributed by atoms with Crippen LogP contribution in [0, 0.1) is 5.38 Å². The quantitative estimate of drug-likeness (QED) is 0.598. The van der Waals surface area contributed by atoms with E-state index in [1.54, 1.807) is 0 Å². The molecule has 1 heterocycles. The summed E-state index contributed by atoms with van der Waals surface area (Å²) in [7, 11) is 0. The predicted octanol–water partition coefficient (Wildman–Crippen LogP) is 1.29. The average Bonchev–Trinajstić information content (AvgIpc) is 2.19. The van der Waals surface area contributed by atoms with Crippen molar-refractivity contribution in [2.24, 2.45) is 0 Å². The first-order chi connectivity index (χ1) is 3.93. The molecule has 3 heteroatoms. The Labute approximate surface area is 52.7 Å². The summed E-state index contributed by atoms with van der Waals surface area (Å²) in [6.45, 7) is 2.12. The number of nitrogens with zero attached hydrogens (tertiary/aromatic N) is 2. The molecular weight excluding hydrogens is 120 g/mol. The Morgan fingerprint density at radius 1 is 1.75 bits per heavy atom. The maximum atomic E-state index is 3.82. The molecule has 0 spiro atoms. The first-order valence-electron chi connectivity index (χ1n) is 2.62. The Morgan fingerprint density at radius 3 is 3.12 bits per heavy atom. The van der Waals surface area contributed by atoms with Crippen LogP contribution in [0.3, 0.4) is 0 Å². The third-order valence-corrected chi connectivity index (χ3v) is 1.34. The van der Waals surface area contributed by atoms with Crippen LogP contribution in [-0.2, 0) is 6.42 Å². The van der Waals surface area contributed by atoms with Crippen molar-refractivity contribution in [3.8, 4) is 0 Å². The number of rotatable bonds is 2. The molecule has 1 aromatic rings. The molecule has 0 unspecified atom stereocenters. The van der Waals surface area contributed by atoms with Gasteiger partial charge in [0.2, 0.25) is 0 Å². The number of aromatic nitrogens is 2. The highest BCUT2D eigenvalue weighted by Crippen LogP contribution is 1.97. The smallest absolute Gasteiger partial charge is 0.0921 e. The van der Waals surface area contributed by atoms with Crippen LogP contribution in [0.2, 0.25) is 0 Å². The second-order valence-corrected chi connectivity index (χ2v) is 2.12. The summed E-state index contributed by atoms with van der Waals surface area (Å²) in [6.07, 6.45) is 2.14. The van der Waals surface area contributed by atoms with Crippen molar-refractivity contribution in [3.05, 3.63) is 11.1 Å². The number of hydrogen-bond acceptors (Lipinski definition) is 3. The van der Waals surface area contributed by atoms with Crippen LogP contribution in [-0.4, -0.2) is 9.59 Å². The topological polar surface area (TPSA) is 25.8 Å². The van der Waals surface area contributed by atoms with Crippen LogP contribution >= 0.6 is 11.5 Å². The molecule has 0 aromatic carbocycles. The molecule has 0 aliphatic carbocycles. The molecular formula is C5H7N2S. The maximum Gasteiger partial charge on any atom is 0.0921 e. The number of aryl methyl sites for hydroxylation is 1. The Balaban J connectivity index is 2.50. The second-order valence-electron chi connectivity index (χ2n) is 1.57. The minimum atomic E-state index is 0.998. The highest BCUT2D eigenvalue weighted by atomic mass is 32.1. The zero-order valence-corrected chi connectivity index (χ0v) is 5.53. The van der Waals surface area contributed by atoms with Crippen LogP contribution < -0.4 is 0 Å². The molecule has 0 aliphatic heterocycles. The van der Waals surface area contributed by atoms with Crippen molar-refractivity contribution in [2.45, 2.75) is 19.8 Å². The van der Waals surface area contributed by atoms with E-state index in [0.717, 1.165) is 18.5 Å². The Hall–Kier alpha value is -0.440. The third kappa shape index (κ3) is 1.26. The fourth-order valence-corrected chi connectivity index (χ4v) is 0.930. The molecule has 1 radical (unpaired) electrons. The Morgan fingerprint density at radius 2 is 2.62 bits per heavy atom. The van der Waals surface area contributed by atoms with Gasteiger partial charge in [-0.3, -0.25) is 0 Å². The second kappa shape index (κ2) is 2.77. The Kier molecular flexibility index (Phi) is 1.97. The summed E-state index contributed by atoms with van der Waals surface area (Å²) in [5, 5.41) is 6.78. The lowest BCUT2D eigenvalue weighted by Crippen LogP contribution is -1.81. The molecule has 0 aliphatic rings. The van der Waals surface area contributed by atoms with Gasteiger partial charge < -0.3 is 0 Å². The molecule has 0 saturated heterocycles. The monoisotopic (exact) mass is 127 g/mol. The summed E-state index contributed by atoms with van der Waals surface area (Å²) < 4.78 is 3.68. The minimum absolute atomic E-state index is 0.998. The van der Waals surface area contributed by atoms with Gasteiger partial charge in [-0.25, -0.2) is 0 Å². The van der Waals surface area contributed by atoms with Gasteiger partial charge in [-0.2, -0.15) is 0 Å². The zero-order chi connectivity index (χ0) is 5.82. The lowest BCUT2D eigenvalue weighted by atomic mass is 10.3. The van der Waals surface area contributed by atoms with Crippen molar-refractivity contribution in [2.75, 3.05) is 0 Å². The summed E-state index contributed by atoms with van der Waals surface area (Å²) in [5.74, 6) is 0. The molecule has 0 bridgehead atoms. The summed E-state index contributed by atoms with van der Waals surface area (Å²) in [6, 6.07) is 0. The van der Waals surface area contributed by atoms with Gasteiger partial charge in [0.25, 0.3) is 0 Å². The molecule has 2 nitrogen and oxygen atoms in total. The van der Waals surface area contributed by atoms with Crippen LogP contribution in [0.4, 0.5) is 0 Å². The van der Waals surface area contributed by atoms with Gasteiger partial charge >= 0.3 is 0 Å². The van der Waals surface area contributed by atoms with Crippen molar-refractivity contribution in [1.82, 2.24) is 9.59 Å². The fraction of sp³-hybridized carbons (Fsp3) is 0.600. The molecule has 8 heavy (non-hydrogen) atoms. The van der Waals surface area contributed by atoms with E-state index in [-0.39, 0.29) is 0 Å². The van der Waals surface area contributed by atoms with E-state index in [0.29, 0.717) is 0 Å². The van der Waals surface area contributed by atoms with Crippen molar-refractivity contribution in [3.63, 3.8) is 0 Å². The van der Waals surface area contributed by atoms with Gasteiger partial charge in [-0.15, -0.1) is 5.10 Å². The molecule has 1 aromatic heterocycles. The summed E-state index contributed by atoms with van der Waals surface area (Å²) >= 11 is 1.29. The van der Waals surface area contributed by atoms with E-state index in [4.69, 9.17) is 0 Å². The largest absolute Gasteiger partial charge is 0.142 e. The summed E-state index contributed by atoms with van der Waals surface area (Å²) in [4.78, 5) is 0. The van der Waals surface area contributed by atoms with Crippen LogP contribution in [0.1, 0.15) is 19.0 Å². The Bertz CT molecular complexity index is 136. The molecule has 0 fully saturated rings. The average molecular weight is 127 g/mol. The van der Waals surface area contributed by atoms with Crippen LogP contribution in [0.5, 0.6) is 0 Å². The maximum absolute atomic E-state index is 3.82. The normalized spacial score (nSPS) is 9.62. The van der Waals surface area contributed by atoms with Gasteiger partial charge in [0.1, 0.15) is 0 Å². The summed E-state index contributed by atoms with van der Waals surface area (Å²) in [5.41, 5.74) is 0.998. The van der Waals surface area contributed by atoms with E-state index in [9.17, 15) is 0 Å². The van der Waals surface area contributed by atoms with Crippen LogP contribution in [0.15, 0.2) is 0 Å². The first-order valence-corrected chi connectivity index (χ1v) is 3.39. The van der Waals surface area contributed by atoms with Gasteiger partial charge in [-0.1, -0.05) is 17.8 Å². The lowest BCUT2D eigenvalue weighted by Gasteiger charge is -1.82. The van der Waals surface area contributed by atoms with Crippen molar-refractivity contribution < 1.29 is 0 Å². The lowest BCUT2D eigenvalue weighted by molar-refractivity contribution is 0.868. The predicted molar refractivity (Wildman–Crippen MR) is 32.7 cm³/mol. The SMILES string of the molecule is CCCc1[c]snn1. The minimum Gasteiger partial charge on any atom is -0.142 e. The van der Waals surface area contributed by atoms with Gasteiger partial charge in [0, 0.05) is 0 Å². The van der Waals surface area contributed by atoms with E-state index in [1.807, 2.05) is 0 Å². The molecule has 0 N–H and O–H groups in total. The highest BCUT2D eigenvalue weighted by molar-refractivity contribution is 7.02. The standard InChI is InChI=1S/C5H7N2S/c1-2-3-5-4-8-7-6-5/h2-3H2,1H3. The van der Waals surface area contributed by atoms with Crippen LogP contribution in [0.25, 0.3) is 0 Å². The fourth-order valence-electron chi connectivity index (χ4n) is 0.501. The van der Waals surface area contributed by atoms with E-state index in [1.165, 1.54) is 11.5 Å². The molecule has 1 rings (SSSR count). The van der Waals surface area contributed by atoms with Gasteiger partial charge in [0.15, 0.2) is 0 Å². The first kappa shape index (κ1) is 5.69. The van der Waals surface area contributed by atoms with Crippen molar-refractivity contribution >= 4 is 11.5 Å². The molecule has 0 saturated carbocycles. The van der Waals surface area contributed by atoms with E-state index >= 15 is 0 Å². The molecule has 0 atom stereocenters. The van der Waals surface area contributed by atoms with Crippen molar-refractivity contribution in [1.29, 1.82) is 0 Å². The van der Waals surface area contributed by atoms with E-state index < -0.39 is 0 Å². The van der Waals surface area contributed by atoms with E-state index in [2.05, 4.69) is 21.9 Å². The highest BCUT2D eigenvalue weighted by Gasteiger charge is 1.91. The third-order valence-electron chi connectivity index (χ3n) is 0.853. The van der Waals surface area contributed by atoms with Gasteiger partial charge in [-0.05, 0) is 18.0 Å². The molecule has 43 valence electrons.